The smallest absolute Gasteiger partial charge is 0.314 e. The van der Waals surface area contributed by atoms with Crippen molar-refractivity contribution in [3.63, 3.8) is 0 Å². The zero-order chi connectivity index (χ0) is 19.0. The van der Waals surface area contributed by atoms with Crippen LogP contribution in [0.1, 0.15) is 25.0 Å². The highest BCUT2D eigenvalue weighted by Gasteiger charge is 2.23. The molecule has 0 spiro atoms. The summed E-state index contributed by atoms with van der Waals surface area (Å²) >= 11 is 0. The number of urea groups is 1. The molecule has 0 aromatic heterocycles. The van der Waals surface area contributed by atoms with Crippen molar-refractivity contribution in [2.24, 2.45) is 0 Å². The lowest BCUT2D eigenvalue weighted by molar-refractivity contribution is 0.238. The monoisotopic (exact) mass is 356 g/mol. The van der Waals surface area contributed by atoms with Gasteiger partial charge in [0.25, 0.3) is 0 Å². The normalized spacial score (nSPS) is 10.9. The number of hydrogen-bond acceptors (Lipinski definition) is 3. The topological polar surface area (TPSA) is 59.6 Å². The lowest BCUT2D eigenvalue weighted by Gasteiger charge is -2.26. The molecule has 0 aliphatic heterocycles. The van der Waals surface area contributed by atoms with Gasteiger partial charge in [-0.25, -0.2) is 4.79 Å². The van der Waals surface area contributed by atoms with Gasteiger partial charge in [0.1, 0.15) is 0 Å². The van der Waals surface area contributed by atoms with Crippen LogP contribution in [0.5, 0.6) is 11.5 Å². The Labute approximate surface area is 155 Å². The summed E-state index contributed by atoms with van der Waals surface area (Å²) in [5, 5.41) is 5.85. The first-order chi connectivity index (χ1) is 12.5. The van der Waals surface area contributed by atoms with Gasteiger partial charge in [0.15, 0.2) is 11.5 Å². The van der Waals surface area contributed by atoms with Gasteiger partial charge >= 0.3 is 6.03 Å². The molecule has 5 heteroatoms. The molecule has 2 aromatic rings. The molecule has 0 fully saturated rings. The standard InChI is InChI=1S/C21H28N2O3/c1-21(2,17-10-11-18(25-3)19(14-17)26-4)15-23-20(24)22-13-12-16-8-6-5-7-9-16/h5-11,14H,12-13,15H2,1-4H3,(H2,22,23,24). The molecule has 2 rings (SSSR count). The number of rotatable bonds is 8. The molecule has 0 radical (unpaired) electrons. The number of ether oxygens (including phenoxy) is 2. The van der Waals surface area contributed by atoms with Crippen LogP contribution in [-0.4, -0.2) is 33.3 Å². The molecule has 26 heavy (non-hydrogen) atoms. The molecule has 0 aliphatic rings. The predicted molar refractivity (Wildman–Crippen MR) is 104 cm³/mol. The van der Waals surface area contributed by atoms with Gasteiger partial charge in [0.2, 0.25) is 0 Å². The van der Waals surface area contributed by atoms with Crippen LogP contribution in [0.3, 0.4) is 0 Å². The summed E-state index contributed by atoms with van der Waals surface area (Å²) in [6.07, 6.45) is 0.813. The minimum Gasteiger partial charge on any atom is -0.493 e. The maximum Gasteiger partial charge on any atom is 0.314 e. The number of hydrogen-bond donors (Lipinski definition) is 2. The van der Waals surface area contributed by atoms with E-state index in [2.05, 4.69) is 36.6 Å². The van der Waals surface area contributed by atoms with Crippen LogP contribution in [0.4, 0.5) is 4.79 Å². The molecular formula is C21H28N2O3. The SMILES string of the molecule is COc1ccc(C(C)(C)CNC(=O)NCCc2ccccc2)cc1OC. The van der Waals surface area contributed by atoms with Gasteiger partial charge < -0.3 is 20.1 Å². The zero-order valence-electron chi connectivity index (χ0n) is 16.0. The third-order valence-corrected chi connectivity index (χ3v) is 4.40. The van der Waals surface area contributed by atoms with Crippen LogP contribution in [-0.2, 0) is 11.8 Å². The molecular weight excluding hydrogens is 328 g/mol. The molecule has 140 valence electrons. The van der Waals surface area contributed by atoms with Crippen molar-refractivity contribution in [3.8, 4) is 11.5 Å². The van der Waals surface area contributed by atoms with Crippen LogP contribution < -0.4 is 20.1 Å². The van der Waals surface area contributed by atoms with E-state index < -0.39 is 0 Å². The van der Waals surface area contributed by atoms with Crippen LogP contribution in [0, 0.1) is 0 Å². The minimum absolute atomic E-state index is 0.158. The summed E-state index contributed by atoms with van der Waals surface area (Å²) in [5.41, 5.74) is 2.04. The fourth-order valence-electron chi connectivity index (χ4n) is 2.69. The predicted octanol–water partition coefficient (Wildman–Crippen LogP) is 3.52. The fourth-order valence-corrected chi connectivity index (χ4v) is 2.69. The van der Waals surface area contributed by atoms with Crippen LogP contribution in [0.25, 0.3) is 0 Å². The van der Waals surface area contributed by atoms with Gasteiger partial charge in [-0.1, -0.05) is 50.2 Å². The maximum absolute atomic E-state index is 12.1. The molecule has 0 saturated carbocycles. The largest absolute Gasteiger partial charge is 0.493 e. The molecule has 5 nitrogen and oxygen atoms in total. The fraction of sp³-hybridized carbons (Fsp3) is 0.381. The number of carbonyl (C=O) groups is 1. The van der Waals surface area contributed by atoms with Gasteiger partial charge in [-0.05, 0) is 29.7 Å². The van der Waals surface area contributed by atoms with Gasteiger partial charge in [-0.2, -0.15) is 0 Å². The summed E-state index contributed by atoms with van der Waals surface area (Å²) in [6.45, 7) is 5.28. The highest BCUT2D eigenvalue weighted by molar-refractivity contribution is 5.74. The van der Waals surface area contributed by atoms with Crippen molar-refractivity contribution in [2.75, 3.05) is 27.3 Å². The van der Waals surface area contributed by atoms with Crippen molar-refractivity contribution in [2.45, 2.75) is 25.7 Å². The first kappa shape index (κ1) is 19.6. The summed E-state index contributed by atoms with van der Waals surface area (Å²) < 4.78 is 10.6. The second-order valence-corrected chi connectivity index (χ2v) is 6.80. The van der Waals surface area contributed by atoms with E-state index in [9.17, 15) is 4.79 Å². The third-order valence-electron chi connectivity index (χ3n) is 4.40. The number of benzene rings is 2. The molecule has 0 saturated heterocycles. The lowest BCUT2D eigenvalue weighted by atomic mass is 9.84. The zero-order valence-corrected chi connectivity index (χ0v) is 16.0. The average Bonchev–Trinajstić information content (AvgIpc) is 2.66. The third kappa shape index (κ3) is 5.41. The quantitative estimate of drug-likeness (QED) is 0.761. The Bertz CT molecular complexity index is 714. The van der Waals surface area contributed by atoms with Crippen molar-refractivity contribution in [1.82, 2.24) is 10.6 Å². The number of methoxy groups -OCH3 is 2. The molecule has 2 amide bonds. The highest BCUT2D eigenvalue weighted by Crippen LogP contribution is 2.32. The van der Waals surface area contributed by atoms with E-state index in [0.29, 0.717) is 24.6 Å². The van der Waals surface area contributed by atoms with E-state index in [0.717, 1.165) is 12.0 Å². The van der Waals surface area contributed by atoms with E-state index >= 15 is 0 Å². The summed E-state index contributed by atoms with van der Waals surface area (Å²) in [6, 6.07) is 15.8. The van der Waals surface area contributed by atoms with Crippen molar-refractivity contribution in [3.05, 3.63) is 59.7 Å². The van der Waals surface area contributed by atoms with Crippen LogP contribution in [0.15, 0.2) is 48.5 Å². The first-order valence-electron chi connectivity index (χ1n) is 8.74. The molecule has 0 heterocycles. The summed E-state index contributed by atoms with van der Waals surface area (Å²) in [7, 11) is 3.23. The Hall–Kier alpha value is -2.69. The Morgan fingerprint density at radius 1 is 0.962 bits per heavy atom. The number of amides is 2. The first-order valence-corrected chi connectivity index (χ1v) is 8.74. The Morgan fingerprint density at radius 3 is 2.31 bits per heavy atom. The Balaban J connectivity index is 1.85. The van der Waals surface area contributed by atoms with E-state index in [4.69, 9.17) is 9.47 Å². The molecule has 0 unspecified atom stereocenters. The molecule has 2 aromatic carbocycles. The van der Waals surface area contributed by atoms with E-state index in [-0.39, 0.29) is 11.4 Å². The van der Waals surface area contributed by atoms with E-state index in [1.807, 2.05) is 36.4 Å². The van der Waals surface area contributed by atoms with E-state index in [1.165, 1.54) is 5.56 Å². The second-order valence-electron chi connectivity index (χ2n) is 6.80. The van der Waals surface area contributed by atoms with Crippen LogP contribution >= 0.6 is 0 Å². The van der Waals surface area contributed by atoms with Gasteiger partial charge in [-0.15, -0.1) is 0 Å². The number of carbonyl (C=O) groups excluding carboxylic acids is 1. The average molecular weight is 356 g/mol. The van der Waals surface area contributed by atoms with Gasteiger partial charge in [0.05, 0.1) is 14.2 Å². The van der Waals surface area contributed by atoms with Crippen molar-refractivity contribution in [1.29, 1.82) is 0 Å². The van der Waals surface area contributed by atoms with Crippen molar-refractivity contribution >= 4 is 6.03 Å². The van der Waals surface area contributed by atoms with Gasteiger partial charge in [-0.3, -0.25) is 0 Å². The van der Waals surface area contributed by atoms with Crippen LogP contribution in [0.2, 0.25) is 0 Å². The second kappa shape index (κ2) is 9.13. The molecule has 0 aliphatic carbocycles. The van der Waals surface area contributed by atoms with Crippen molar-refractivity contribution < 1.29 is 14.3 Å². The lowest BCUT2D eigenvalue weighted by Crippen LogP contribution is -2.42. The van der Waals surface area contributed by atoms with Gasteiger partial charge in [0, 0.05) is 18.5 Å². The number of nitrogens with one attached hydrogen (secondary N) is 2. The Morgan fingerprint density at radius 2 is 1.65 bits per heavy atom. The molecule has 2 N–H and O–H groups in total. The molecule has 0 atom stereocenters. The summed E-state index contributed by atoms with van der Waals surface area (Å²) in [4.78, 5) is 12.1. The Kier molecular flexibility index (Phi) is 6.89. The van der Waals surface area contributed by atoms with E-state index in [1.54, 1.807) is 14.2 Å². The highest BCUT2D eigenvalue weighted by atomic mass is 16.5. The summed E-state index contributed by atoms with van der Waals surface area (Å²) in [5.74, 6) is 1.38. The minimum atomic E-state index is -0.240. The maximum atomic E-state index is 12.1. The molecule has 0 bridgehead atoms.